The van der Waals surface area contributed by atoms with E-state index in [0.717, 1.165) is 30.7 Å². The Hall–Kier alpha value is -2.82. The van der Waals surface area contributed by atoms with Gasteiger partial charge in [0.15, 0.2) is 0 Å². The minimum Gasteiger partial charge on any atom is -0.497 e. The van der Waals surface area contributed by atoms with Crippen molar-refractivity contribution < 1.29 is 19.0 Å². The molecule has 162 valence electrons. The van der Waals surface area contributed by atoms with Crippen LogP contribution < -0.4 is 9.47 Å². The zero-order chi connectivity index (χ0) is 21.6. The van der Waals surface area contributed by atoms with E-state index in [9.17, 15) is 4.79 Å². The number of methoxy groups -OCH3 is 2. The molecule has 2 rings (SSSR count). The Kier molecular flexibility index (Phi) is 10.5. The van der Waals surface area contributed by atoms with Gasteiger partial charge in [-0.3, -0.25) is 0 Å². The van der Waals surface area contributed by atoms with Gasteiger partial charge in [-0.1, -0.05) is 37.8 Å². The van der Waals surface area contributed by atoms with Gasteiger partial charge in [-0.25, -0.2) is 9.78 Å². The minimum absolute atomic E-state index is 0.406. The van der Waals surface area contributed by atoms with Crippen molar-refractivity contribution >= 4 is 12.0 Å². The molecule has 0 fully saturated rings. The summed E-state index contributed by atoms with van der Waals surface area (Å²) in [5.41, 5.74) is 2.90. The van der Waals surface area contributed by atoms with Gasteiger partial charge in [-0.05, 0) is 62.1 Å². The maximum atomic E-state index is 11.3. The topological polar surface area (TPSA) is 57.7 Å². The molecule has 0 unspecified atom stereocenters. The second kappa shape index (κ2) is 13.4. The van der Waals surface area contributed by atoms with Crippen LogP contribution >= 0.6 is 0 Å². The van der Waals surface area contributed by atoms with Crippen molar-refractivity contribution in [2.75, 3.05) is 20.8 Å². The van der Waals surface area contributed by atoms with Crippen LogP contribution in [0, 0.1) is 6.92 Å². The highest BCUT2D eigenvalue weighted by Crippen LogP contribution is 2.19. The van der Waals surface area contributed by atoms with E-state index in [4.69, 9.17) is 9.47 Å². The lowest BCUT2D eigenvalue weighted by Gasteiger charge is -2.09. The van der Waals surface area contributed by atoms with Crippen molar-refractivity contribution in [3.05, 3.63) is 59.4 Å². The summed E-state index contributed by atoms with van der Waals surface area (Å²) in [4.78, 5) is 15.7. The molecule has 0 aliphatic rings. The molecule has 0 aliphatic carbocycles. The summed E-state index contributed by atoms with van der Waals surface area (Å²) in [5, 5.41) is 0. The zero-order valence-electron chi connectivity index (χ0n) is 18.4. The van der Waals surface area contributed by atoms with Gasteiger partial charge >= 0.3 is 5.97 Å². The van der Waals surface area contributed by atoms with Gasteiger partial charge in [0.05, 0.1) is 20.8 Å². The number of nitrogens with zero attached hydrogens (tertiary/aromatic N) is 1. The fourth-order valence-electron chi connectivity index (χ4n) is 3.13. The molecule has 0 radical (unpaired) electrons. The van der Waals surface area contributed by atoms with Gasteiger partial charge in [0, 0.05) is 11.8 Å². The van der Waals surface area contributed by atoms with Gasteiger partial charge < -0.3 is 14.2 Å². The predicted molar refractivity (Wildman–Crippen MR) is 120 cm³/mol. The number of aryl methyl sites for hydroxylation is 2. The highest BCUT2D eigenvalue weighted by atomic mass is 16.5. The third kappa shape index (κ3) is 8.68. The van der Waals surface area contributed by atoms with E-state index >= 15 is 0 Å². The summed E-state index contributed by atoms with van der Waals surface area (Å²) < 4.78 is 15.7. The maximum absolute atomic E-state index is 11.3. The summed E-state index contributed by atoms with van der Waals surface area (Å²) in [7, 11) is 3.05. The molecule has 1 aromatic heterocycles. The standard InChI is InChI=1S/C25H33NO4/c1-20-11-17-24(23(26-20)16-18-25(27)29-3)30-19-9-7-5-4-6-8-10-21-12-14-22(28-2)15-13-21/h11-18H,4-10,19H2,1-3H3/b18-16+. The second-order valence-corrected chi connectivity index (χ2v) is 7.26. The van der Waals surface area contributed by atoms with Crippen LogP contribution in [0.5, 0.6) is 11.5 Å². The molecule has 5 heteroatoms. The number of rotatable bonds is 13. The van der Waals surface area contributed by atoms with Crippen LogP contribution in [0.15, 0.2) is 42.5 Å². The first-order valence-electron chi connectivity index (χ1n) is 10.6. The highest BCUT2D eigenvalue weighted by molar-refractivity contribution is 5.87. The Balaban J connectivity index is 1.60. The largest absolute Gasteiger partial charge is 0.497 e. The molecule has 2 aromatic rings. The van der Waals surface area contributed by atoms with E-state index < -0.39 is 5.97 Å². The molecule has 0 saturated heterocycles. The Morgan fingerprint density at radius 1 is 0.933 bits per heavy atom. The Bertz CT molecular complexity index is 799. The number of ether oxygens (including phenoxy) is 3. The predicted octanol–water partition coefficient (Wildman–Crippen LogP) is 5.55. The fraction of sp³-hybridized carbons (Fsp3) is 0.440. The quantitative estimate of drug-likeness (QED) is 0.246. The van der Waals surface area contributed by atoms with E-state index in [1.165, 1.54) is 44.4 Å². The number of hydrogen-bond acceptors (Lipinski definition) is 5. The van der Waals surface area contributed by atoms with Crippen LogP contribution in [0.25, 0.3) is 6.08 Å². The van der Waals surface area contributed by atoms with Gasteiger partial charge in [-0.15, -0.1) is 0 Å². The van der Waals surface area contributed by atoms with Crippen LogP contribution in [-0.2, 0) is 16.0 Å². The maximum Gasteiger partial charge on any atom is 0.330 e. The van der Waals surface area contributed by atoms with E-state index in [1.807, 2.05) is 31.2 Å². The van der Waals surface area contributed by atoms with Crippen molar-refractivity contribution in [2.24, 2.45) is 0 Å². The lowest BCUT2D eigenvalue weighted by Crippen LogP contribution is -2.01. The molecule has 0 saturated carbocycles. The molecule has 1 heterocycles. The summed E-state index contributed by atoms with van der Waals surface area (Å²) >= 11 is 0. The number of pyridine rings is 1. The molecule has 0 amide bonds. The van der Waals surface area contributed by atoms with Crippen molar-refractivity contribution in [2.45, 2.75) is 51.9 Å². The average molecular weight is 412 g/mol. The number of benzene rings is 1. The minimum atomic E-state index is -0.406. The van der Waals surface area contributed by atoms with Crippen molar-refractivity contribution in [1.82, 2.24) is 4.98 Å². The average Bonchev–Trinajstić information content (AvgIpc) is 2.77. The first-order valence-corrected chi connectivity index (χ1v) is 10.6. The Morgan fingerprint density at radius 2 is 1.63 bits per heavy atom. The molecule has 0 bridgehead atoms. The summed E-state index contributed by atoms with van der Waals surface area (Å²) in [5.74, 6) is 1.20. The van der Waals surface area contributed by atoms with Crippen LogP contribution in [0.3, 0.4) is 0 Å². The molecule has 0 N–H and O–H groups in total. The first-order chi connectivity index (χ1) is 14.6. The molecule has 0 spiro atoms. The van der Waals surface area contributed by atoms with Gasteiger partial charge in [0.25, 0.3) is 0 Å². The summed E-state index contributed by atoms with van der Waals surface area (Å²) in [6.45, 7) is 2.56. The van der Waals surface area contributed by atoms with Crippen LogP contribution in [0.2, 0.25) is 0 Å². The van der Waals surface area contributed by atoms with Crippen molar-refractivity contribution in [1.29, 1.82) is 0 Å². The molecular weight excluding hydrogens is 378 g/mol. The number of unbranched alkanes of at least 4 members (excludes halogenated alkanes) is 5. The Labute approximate surface area is 180 Å². The number of hydrogen-bond donors (Lipinski definition) is 0. The first kappa shape index (κ1) is 23.5. The molecule has 5 nitrogen and oxygen atoms in total. The lowest BCUT2D eigenvalue weighted by atomic mass is 10.0. The molecule has 1 aromatic carbocycles. The third-order valence-electron chi connectivity index (χ3n) is 4.88. The Morgan fingerprint density at radius 3 is 2.33 bits per heavy atom. The SMILES string of the molecule is COC(=O)/C=C/c1nc(C)ccc1OCCCCCCCCc1ccc(OC)cc1. The lowest BCUT2D eigenvalue weighted by molar-refractivity contribution is -0.134. The smallest absolute Gasteiger partial charge is 0.330 e. The van der Waals surface area contributed by atoms with E-state index in [1.54, 1.807) is 13.2 Å². The van der Waals surface area contributed by atoms with Crippen LogP contribution in [-0.4, -0.2) is 31.8 Å². The van der Waals surface area contributed by atoms with E-state index in [2.05, 4.69) is 21.9 Å². The van der Waals surface area contributed by atoms with E-state index in [0.29, 0.717) is 18.1 Å². The van der Waals surface area contributed by atoms with Crippen LogP contribution in [0.1, 0.15) is 55.5 Å². The zero-order valence-corrected chi connectivity index (χ0v) is 18.4. The van der Waals surface area contributed by atoms with Gasteiger partial charge in [-0.2, -0.15) is 0 Å². The normalized spacial score (nSPS) is 10.9. The molecule has 0 aliphatic heterocycles. The van der Waals surface area contributed by atoms with E-state index in [-0.39, 0.29) is 0 Å². The summed E-state index contributed by atoms with van der Waals surface area (Å²) in [6.07, 6.45) is 11.2. The second-order valence-electron chi connectivity index (χ2n) is 7.26. The highest BCUT2D eigenvalue weighted by Gasteiger charge is 2.04. The molecule has 30 heavy (non-hydrogen) atoms. The number of carbonyl (C=O) groups excluding carboxylic acids is 1. The van der Waals surface area contributed by atoms with Crippen molar-refractivity contribution in [3.63, 3.8) is 0 Å². The van der Waals surface area contributed by atoms with Crippen molar-refractivity contribution in [3.8, 4) is 11.5 Å². The number of carbonyl (C=O) groups is 1. The van der Waals surface area contributed by atoms with Gasteiger partial charge in [0.1, 0.15) is 17.2 Å². The van der Waals surface area contributed by atoms with Gasteiger partial charge in [0.2, 0.25) is 0 Å². The fourth-order valence-corrected chi connectivity index (χ4v) is 3.13. The number of aromatic nitrogens is 1. The van der Waals surface area contributed by atoms with Crippen LogP contribution in [0.4, 0.5) is 0 Å². The molecular formula is C25H33NO4. The number of esters is 1. The summed E-state index contributed by atoms with van der Waals surface area (Å²) in [6, 6.07) is 12.1. The monoisotopic (exact) mass is 411 g/mol. The molecule has 0 atom stereocenters. The third-order valence-corrected chi connectivity index (χ3v) is 4.88.